The Labute approximate surface area is 154 Å². The van der Waals surface area contributed by atoms with Gasteiger partial charge in [-0.2, -0.15) is 0 Å². The van der Waals surface area contributed by atoms with Gasteiger partial charge in [-0.3, -0.25) is 4.79 Å². The highest BCUT2D eigenvalue weighted by Crippen LogP contribution is 2.18. The summed E-state index contributed by atoms with van der Waals surface area (Å²) in [6, 6.07) is 17.4. The van der Waals surface area contributed by atoms with Gasteiger partial charge in [-0.15, -0.1) is 0 Å². The molecule has 0 aliphatic carbocycles. The van der Waals surface area contributed by atoms with Gasteiger partial charge in [-0.25, -0.2) is 0 Å². The third-order valence-corrected chi connectivity index (χ3v) is 4.39. The van der Waals surface area contributed by atoms with Crippen LogP contribution in [0.1, 0.15) is 18.4 Å². The molecule has 0 unspecified atom stereocenters. The number of carbonyl (C=O) groups excluding carboxylic acids is 1. The molecule has 0 spiro atoms. The maximum absolute atomic E-state index is 11.8. The molecule has 0 atom stereocenters. The van der Waals surface area contributed by atoms with Gasteiger partial charge in [0, 0.05) is 13.1 Å². The zero-order valence-corrected chi connectivity index (χ0v) is 15.0. The van der Waals surface area contributed by atoms with Gasteiger partial charge in [0.2, 0.25) is 0 Å². The third-order valence-electron chi connectivity index (χ3n) is 4.39. The van der Waals surface area contributed by atoms with Gasteiger partial charge in [0.25, 0.3) is 5.91 Å². The van der Waals surface area contributed by atoms with Crippen molar-refractivity contribution in [3.63, 3.8) is 0 Å². The van der Waals surface area contributed by atoms with Crippen LogP contribution < -0.4 is 14.8 Å². The molecule has 1 heterocycles. The molecule has 1 saturated heterocycles. The zero-order chi connectivity index (χ0) is 18.0. The van der Waals surface area contributed by atoms with Crippen LogP contribution in [0.15, 0.2) is 54.6 Å². The molecule has 3 rings (SSSR count). The van der Waals surface area contributed by atoms with Crippen molar-refractivity contribution in [3.05, 3.63) is 60.2 Å². The molecule has 2 aromatic rings. The third kappa shape index (κ3) is 6.08. The van der Waals surface area contributed by atoms with Crippen molar-refractivity contribution in [2.45, 2.75) is 19.4 Å². The second-order valence-corrected chi connectivity index (χ2v) is 6.43. The van der Waals surface area contributed by atoms with E-state index in [1.807, 2.05) is 54.6 Å². The maximum Gasteiger partial charge on any atom is 0.257 e. The largest absolute Gasteiger partial charge is 0.489 e. The number of likely N-dealkylation sites (tertiary alicyclic amines) is 1. The number of ether oxygens (including phenoxy) is 2. The first kappa shape index (κ1) is 18.3. The smallest absolute Gasteiger partial charge is 0.257 e. The fourth-order valence-electron chi connectivity index (χ4n) is 2.93. The molecular weight excluding hydrogens is 328 g/mol. The predicted molar refractivity (Wildman–Crippen MR) is 101 cm³/mol. The number of benzene rings is 2. The van der Waals surface area contributed by atoms with Gasteiger partial charge in [-0.05, 0) is 55.8 Å². The van der Waals surface area contributed by atoms with Crippen molar-refractivity contribution in [1.82, 2.24) is 10.2 Å². The summed E-state index contributed by atoms with van der Waals surface area (Å²) in [6.45, 7) is 4.44. The Bertz CT molecular complexity index is 667. The summed E-state index contributed by atoms with van der Waals surface area (Å²) in [4.78, 5) is 14.2. The monoisotopic (exact) mass is 354 g/mol. The van der Waals surface area contributed by atoms with Crippen LogP contribution in [0.2, 0.25) is 0 Å². The van der Waals surface area contributed by atoms with Crippen LogP contribution in [-0.4, -0.2) is 43.6 Å². The van der Waals surface area contributed by atoms with Crippen molar-refractivity contribution < 1.29 is 14.3 Å². The molecule has 1 amide bonds. The summed E-state index contributed by atoms with van der Waals surface area (Å²) in [7, 11) is 0. The molecule has 2 aromatic carbocycles. The van der Waals surface area contributed by atoms with Crippen molar-refractivity contribution in [2.24, 2.45) is 0 Å². The molecule has 26 heavy (non-hydrogen) atoms. The van der Waals surface area contributed by atoms with E-state index in [2.05, 4.69) is 10.2 Å². The summed E-state index contributed by atoms with van der Waals surface area (Å²) in [5.74, 6) is 1.34. The standard InChI is InChI=1S/C21H26N2O3/c24-21(22-12-15-23-13-4-5-14-23)17-26-20-10-8-19(9-11-20)25-16-18-6-2-1-3-7-18/h1-3,6-11H,4-5,12-17H2,(H,22,24). The Balaban J connectivity index is 1.33. The number of hydrogen-bond acceptors (Lipinski definition) is 4. The average Bonchev–Trinajstić information content (AvgIpc) is 3.20. The van der Waals surface area contributed by atoms with Gasteiger partial charge in [0.15, 0.2) is 6.61 Å². The lowest BCUT2D eigenvalue weighted by molar-refractivity contribution is -0.123. The highest BCUT2D eigenvalue weighted by molar-refractivity contribution is 5.77. The topological polar surface area (TPSA) is 50.8 Å². The lowest BCUT2D eigenvalue weighted by Gasteiger charge is -2.14. The van der Waals surface area contributed by atoms with Crippen molar-refractivity contribution >= 4 is 5.91 Å². The van der Waals surface area contributed by atoms with Crippen LogP contribution in [0, 0.1) is 0 Å². The van der Waals surface area contributed by atoms with Crippen molar-refractivity contribution in [1.29, 1.82) is 0 Å². The Morgan fingerprint density at radius 2 is 1.58 bits per heavy atom. The SMILES string of the molecule is O=C(COc1ccc(OCc2ccccc2)cc1)NCCN1CCCC1. The van der Waals surface area contributed by atoms with E-state index in [0.29, 0.717) is 18.9 Å². The second-order valence-electron chi connectivity index (χ2n) is 6.43. The normalized spacial score (nSPS) is 14.2. The average molecular weight is 354 g/mol. The van der Waals surface area contributed by atoms with E-state index >= 15 is 0 Å². The Hall–Kier alpha value is -2.53. The molecule has 1 aliphatic rings. The Kier molecular flexibility index (Phi) is 6.90. The number of carbonyl (C=O) groups is 1. The first-order valence-corrected chi connectivity index (χ1v) is 9.18. The molecule has 1 fully saturated rings. The zero-order valence-electron chi connectivity index (χ0n) is 15.0. The van der Waals surface area contributed by atoms with E-state index < -0.39 is 0 Å². The van der Waals surface area contributed by atoms with E-state index in [4.69, 9.17) is 9.47 Å². The van der Waals surface area contributed by atoms with Crippen LogP contribution in [0.25, 0.3) is 0 Å². The number of nitrogens with zero attached hydrogens (tertiary/aromatic N) is 1. The molecule has 0 radical (unpaired) electrons. The highest BCUT2D eigenvalue weighted by atomic mass is 16.5. The summed E-state index contributed by atoms with van der Waals surface area (Å²) in [5.41, 5.74) is 1.12. The minimum Gasteiger partial charge on any atom is -0.489 e. The van der Waals surface area contributed by atoms with Crippen molar-refractivity contribution in [2.75, 3.05) is 32.8 Å². The minimum absolute atomic E-state index is 0.0320. The fraction of sp³-hybridized carbons (Fsp3) is 0.381. The van der Waals surface area contributed by atoms with Gasteiger partial charge in [-0.1, -0.05) is 30.3 Å². The lowest BCUT2D eigenvalue weighted by atomic mass is 10.2. The summed E-state index contributed by atoms with van der Waals surface area (Å²) in [5, 5.41) is 2.90. The predicted octanol–water partition coefficient (Wildman–Crippen LogP) is 2.86. The highest BCUT2D eigenvalue weighted by Gasteiger charge is 2.11. The summed E-state index contributed by atoms with van der Waals surface area (Å²) < 4.78 is 11.3. The van der Waals surface area contributed by atoms with E-state index in [0.717, 1.165) is 30.9 Å². The van der Waals surface area contributed by atoms with E-state index in [9.17, 15) is 4.79 Å². The van der Waals surface area contributed by atoms with Gasteiger partial charge in [0.1, 0.15) is 18.1 Å². The Morgan fingerprint density at radius 1 is 0.923 bits per heavy atom. The number of hydrogen-bond donors (Lipinski definition) is 1. The summed E-state index contributed by atoms with van der Waals surface area (Å²) in [6.07, 6.45) is 2.53. The molecule has 1 N–H and O–H groups in total. The van der Waals surface area contributed by atoms with Gasteiger partial charge < -0.3 is 19.7 Å². The molecule has 5 nitrogen and oxygen atoms in total. The number of rotatable bonds is 9. The first-order valence-electron chi connectivity index (χ1n) is 9.18. The van der Waals surface area contributed by atoms with Crippen molar-refractivity contribution in [3.8, 4) is 11.5 Å². The van der Waals surface area contributed by atoms with Crippen LogP contribution in [0.3, 0.4) is 0 Å². The van der Waals surface area contributed by atoms with Crippen LogP contribution in [0.5, 0.6) is 11.5 Å². The van der Waals surface area contributed by atoms with Gasteiger partial charge in [0.05, 0.1) is 0 Å². The van der Waals surface area contributed by atoms with Gasteiger partial charge >= 0.3 is 0 Å². The molecule has 0 aromatic heterocycles. The molecular formula is C21H26N2O3. The fourth-order valence-corrected chi connectivity index (χ4v) is 2.93. The number of nitrogens with one attached hydrogen (secondary N) is 1. The number of amides is 1. The second kappa shape index (κ2) is 9.82. The molecule has 5 heteroatoms. The van der Waals surface area contributed by atoms with E-state index in [1.165, 1.54) is 12.8 Å². The quantitative estimate of drug-likeness (QED) is 0.752. The Morgan fingerprint density at radius 3 is 2.27 bits per heavy atom. The van der Waals surface area contributed by atoms with Crippen LogP contribution in [-0.2, 0) is 11.4 Å². The molecule has 0 saturated carbocycles. The van der Waals surface area contributed by atoms with Crippen LogP contribution in [0.4, 0.5) is 0 Å². The maximum atomic E-state index is 11.8. The molecule has 138 valence electrons. The van der Waals surface area contributed by atoms with Crippen LogP contribution >= 0.6 is 0 Å². The minimum atomic E-state index is -0.0893. The summed E-state index contributed by atoms with van der Waals surface area (Å²) >= 11 is 0. The van der Waals surface area contributed by atoms with E-state index in [-0.39, 0.29) is 12.5 Å². The lowest BCUT2D eigenvalue weighted by Crippen LogP contribution is -2.35. The van der Waals surface area contributed by atoms with E-state index in [1.54, 1.807) is 0 Å². The molecule has 0 bridgehead atoms. The first-order chi connectivity index (χ1) is 12.8. The molecule has 1 aliphatic heterocycles.